The van der Waals surface area contributed by atoms with Crippen molar-refractivity contribution in [3.8, 4) is 0 Å². The third-order valence-corrected chi connectivity index (χ3v) is 5.30. The number of alkyl halides is 2. The maximum Gasteiger partial charge on any atom is 0.410 e. The van der Waals surface area contributed by atoms with Gasteiger partial charge in [-0.25, -0.2) is 4.79 Å². The van der Waals surface area contributed by atoms with Crippen LogP contribution in [0, 0.1) is 11.8 Å². The molecule has 1 fully saturated rings. The number of carbonyl (C=O) groups excluding carboxylic acids is 1. The molecule has 1 heterocycles. The maximum absolute atomic E-state index is 12.3. The molecule has 1 N–H and O–H groups in total. The van der Waals surface area contributed by atoms with Crippen LogP contribution in [-0.2, 0) is 11.3 Å². The smallest absolute Gasteiger partial charge is 0.410 e. The van der Waals surface area contributed by atoms with E-state index >= 15 is 0 Å². The van der Waals surface area contributed by atoms with E-state index in [2.05, 4.69) is 6.92 Å². The summed E-state index contributed by atoms with van der Waals surface area (Å²) >= 11 is 11.5. The standard InChI is InChI=1S/C18H25Cl2NO3/c1-2-14-11-21(9-8-15(14)10-16(22)17(19)20)18(23)24-12-13-6-4-3-5-7-13/h3-7,14-17,22H,2,8-12H2,1H3/t14-,15-,16-/m0/s1. The van der Waals surface area contributed by atoms with E-state index in [-0.39, 0.29) is 12.7 Å². The second kappa shape index (κ2) is 9.50. The molecule has 1 amide bonds. The molecule has 0 unspecified atom stereocenters. The summed E-state index contributed by atoms with van der Waals surface area (Å²) in [6.45, 7) is 3.67. The van der Waals surface area contributed by atoms with Gasteiger partial charge < -0.3 is 14.7 Å². The average molecular weight is 374 g/mol. The topological polar surface area (TPSA) is 49.8 Å². The molecule has 24 heavy (non-hydrogen) atoms. The van der Waals surface area contributed by atoms with Crippen molar-refractivity contribution >= 4 is 29.3 Å². The molecule has 1 aliphatic rings. The summed E-state index contributed by atoms with van der Waals surface area (Å²) in [5.74, 6) is 0.646. The Labute approximate surface area is 153 Å². The van der Waals surface area contributed by atoms with Crippen molar-refractivity contribution in [2.45, 2.75) is 43.7 Å². The van der Waals surface area contributed by atoms with Crippen LogP contribution >= 0.6 is 23.2 Å². The fraction of sp³-hybridized carbons (Fsp3) is 0.611. The summed E-state index contributed by atoms with van der Waals surface area (Å²) in [5, 5.41) is 9.91. The van der Waals surface area contributed by atoms with E-state index in [1.807, 2.05) is 30.3 Å². The molecule has 0 aliphatic carbocycles. The number of benzene rings is 1. The number of hydrogen-bond acceptors (Lipinski definition) is 3. The number of amides is 1. The zero-order valence-electron chi connectivity index (χ0n) is 13.9. The monoisotopic (exact) mass is 373 g/mol. The van der Waals surface area contributed by atoms with Gasteiger partial charge in [0.15, 0.2) is 0 Å². The zero-order valence-corrected chi connectivity index (χ0v) is 15.4. The predicted molar refractivity (Wildman–Crippen MR) is 96.2 cm³/mol. The maximum atomic E-state index is 12.3. The summed E-state index contributed by atoms with van der Waals surface area (Å²) in [5.41, 5.74) is 0.978. The molecular weight excluding hydrogens is 349 g/mol. The number of nitrogens with zero attached hydrogens (tertiary/aromatic N) is 1. The fourth-order valence-corrected chi connectivity index (χ4v) is 3.45. The Morgan fingerprint density at radius 2 is 2.04 bits per heavy atom. The van der Waals surface area contributed by atoms with E-state index in [0.717, 1.165) is 18.4 Å². The summed E-state index contributed by atoms with van der Waals surface area (Å²) in [7, 11) is 0. The highest BCUT2D eigenvalue weighted by Gasteiger charge is 2.33. The number of piperidine rings is 1. The Balaban J connectivity index is 1.84. The number of carbonyl (C=O) groups is 1. The van der Waals surface area contributed by atoms with Crippen LogP contribution in [0.15, 0.2) is 30.3 Å². The first-order valence-corrected chi connectivity index (χ1v) is 9.30. The van der Waals surface area contributed by atoms with Crippen molar-refractivity contribution in [2.24, 2.45) is 11.8 Å². The van der Waals surface area contributed by atoms with Crippen LogP contribution in [-0.4, -0.2) is 40.1 Å². The Kier molecular flexibility index (Phi) is 7.66. The summed E-state index contributed by atoms with van der Waals surface area (Å²) in [6.07, 6.45) is 1.35. The third-order valence-electron chi connectivity index (χ3n) is 4.71. The van der Waals surface area contributed by atoms with Gasteiger partial charge in [0.1, 0.15) is 11.4 Å². The number of halogens is 2. The van der Waals surface area contributed by atoms with Gasteiger partial charge in [-0.15, -0.1) is 23.2 Å². The highest BCUT2D eigenvalue weighted by Crippen LogP contribution is 2.32. The van der Waals surface area contributed by atoms with Gasteiger partial charge in [-0.1, -0.05) is 43.7 Å². The lowest BCUT2D eigenvalue weighted by Crippen LogP contribution is -2.44. The largest absolute Gasteiger partial charge is 0.445 e. The molecule has 1 aromatic rings. The first-order chi connectivity index (χ1) is 11.5. The molecule has 0 aromatic heterocycles. The number of aliphatic hydroxyl groups is 1. The SMILES string of the molecule is CC[C@H]1CN(C(=O)OCc2ccccc2)CC[C@H]1C[C@H](O)C(Cl)Cl. The molecule has 3 atom stereocenters. The normalized spacial score (nSPS) is 22.5. The van der Waals surface area contributed by atoms with Crippen LogP contribution in [0.4, 0.5) is 4.79 Å². The molecule has 1 saturated heterocycles. The zero-order chi connectivity index (χ0) is 17.5. The van der Waals surface area contributed by atoms with Gasteiger partial charge in [-0.05, 0) is 30.2 Å². The number of likely N-dealkylation sites (tertiary alicyclic amines) is 1. The summed E-state index contributed by atoms with van der Waals surface area (Å²) in [6, 6.07) is 9.65. The van der Waals surface area contributed by atoms with Gasteiger partial charge in [0.2, 0.25) is 0 Å². The van der Waals surface area contributed by atoms with Crippen molar-refractivity contribution < 1.29 is 14.6 Å². The lowest BCUT2D eigenvalue weighted by Gasteiger charge is -2.38. The van der Waals surface area contributed by atoms with Crippen LogP contribution in [0.3, 0.4) is 0 Å². The second-order valence-corrected chi connectivity index (χ2v) is 7.50. The van der Waals surface area contributed by atoms with Crippen LogP contribution in [0.5, 0.6) is 0 Å². The highest BCUT2D eigenvalue weighted by atomic mass is 35.5. The van der Waals surface area contributed by atoms with Crippen LogP contribution < -0.4 is 0 Å². The Hall–Kier alpha value is -0.970. The molecule has 0 saturated carbocycles. The molecular formula is C18H25Cl2NO3. The van der Waals surface area contributed by atoms with Gasteiger partial charge in [-0.2, -0.15) is 0 Å². The quantitative estimate of drug-likeness (QED) is 0.759. The number of rotatable bonds is 6. The highest BCUT2D eigenvalue weighted by molar-refractivity contribution is 6.44. The minimum Gasteiger partial charge on any atom is -0.445 e. The lowest BCUT2D eigenvalue weighted by atomic mass is 9.80. The minimum atomic E-state index is -0.767. The van der Waals surface area contributed by atoms with Gasteiger partial charge in [0.05, 0.1) is 6.10 Å². The summed E-state index contributed by atoms with van der Waals surface area (Å²) in [4.78, 5) is 13.3. The average Bonchev–Trinajstić information content (AvgIpc) is 2.60. The molecule has 0 spiro atoms. The van der Waals surface area contributed by atoms with Crippen LogP contribution in [0.1, 0.15) is 31.7 Å². The van der Waals surface area contributed by atoms with E-state index < -0.39 is 10.9 Å². The fourth-order valence-electron chi connectivity index (χ4n) is 3.24. The Morgan fingerprint density at radius 1 is 1.33 bits per heavy atom. The van der Waals surface area contributed by atoms with Crippen molar-refractivity contribution in [1.29, 1.82) is 0 Å². The summed E-state index contributed by atoms with van der Waals surface area (Å²) < 4.78 is 5.41. The lowest BCUT2D eigenvalue weighted by molar-refractivity contribution is 0.0485. The van der Waals surface area contributed by atoms with Crippen molar-refractivity contribution in [2.75, 3.05) is 13.1 Å². The number of hydrogen-bond donors (Lipinski definition) is 1. The molecule has 2 rings (SSSR count). The van der Waals surface area contributed by atoms with E-state index in [0.29, 0.717) is 31.3 Å². The Morgan fingerprint density at radius 3 is 2.67 bits per heavy atom. The van der Waals surface area contributed by atoms with Gasteiger partial charge in [0, 0.05) is 13.1 Å². The van der Waals surface area contributed by atoms with Crippen molar-refractivity contribution in [3.63, 3.8) is 0 Å². The van der Waals surface area contributed by atoms with Crippen molar-refractivity contribution in [3.05, 3.63) is 35.9 Å². The van der Waals surface area contributed by atoms with Crippen molar-refractivity contribution in [1.82, 2.24) is 4.90 Å². The van der Waals surface area contributed by atoms with Gasteiger partial charge in [0.25, 0.3) is 0 Å². The molecule has 0 bridgehead atoms. The predicted octanol–water partition coefficient (Wildman–Crippen LogP) is 4.23. The molecule has 1 aliphatic heterocycles. The van der Waals surface area contributed by atoms with E-state index in [4.69, 9.17) is 27.9 Å². The first-order valence-electron chi connectivity index (χ1n) is 8.43. The van der Waals surface area contributed by atoms with Crippen LogP contribution in [0.25, 0.3) is 0 Å². The minimum absolute atomic E-state index is 0.274. The molecule has 4 nitrogen and oxygen atoms in total. The molecule has 6 heteroatoms. The number of ether oxygens (including phenoxy) is 1. The van der Waals surface area contributed by atoms with E-state index in [9.17, 15) is 9.90 Å². The van der Waals surface area contributed by atoms with Gasteiger partial charge in [-0.3, -0.25) is 0 Å². The molecule has 1 aromatic carbocycles. The van der Waals surface area contributed by atoms with Gasteiger partial charge >= 0.3 is 6.09 Å². The first kappa shape index (κ1) is 19.4. The third kappa shape index (κ3) is 5.54. The van der Waals surface area contributed by atoms with E-state index in [1.54, 1.807) is 4.90 Å². The van der Waals surface area contributed by atoms with E-state index in [1.165, 1.54) is 0 Å². The Bertz CT molecular complexity index is 512. The van der Waals surface area contributed by atoms with Crippen LogP contribution in [0.2, 0.25) is 0 Å². The molecule has 0 radical (unpaired) electrons. The molecule has 134 valence electrons. The number of aliphatic hydroxyl groups excluding tert-OH is 1. The second-order valence-electron chi connectivity index (χ2n) is 6.34.